The minimum Gasteiger partial charge on any atom is -0.490 e. The van der Waals surface area contributed by atoms with Crippen LogP contribution in [0.4, 0.5) is 11.4 Å². The Labute approximate surface area is 177 Å². The molecule has 0 saturated heterocycles. The Hall–Kier alpha value is -2.04. The molecule has 0 unspecified atom stereocenters. The minimum absolute atomic E-state index is 0.0119. The first-order valence-corrected chi connectivity index (χ1v) is 9.69. The van der Waals surface area contributed by atoms with Gasteiger partial charge in [0.25, 0.3) is 11.6 Å². The van der Waals surface area contributed by atoms with E-state index < -0.39 is 10.8 Å². The van der Waals surface area contributed by atoms with Crippen LogP contribution in [-0.2, 0) is 0 Å². The monoisotopic (exact) mass is 515 g/mol. The second kappa shape index (κ2) is 9.25. The molecule has 2 N–H and O–H groups in total. The SMILES string of the molecule is CC(C)Oc1ccc(C(=O)NC(=S)Nc2ccc([N+](=O)[O-])cc2Br)cc1Br. The fraction of sp³-hybridized carbons (Fsp3) is 0.176. The maximum absolute atomic E-state index is 12.4. The van der Waals surface area contributed by atoms with Gasteiger partial charge in [0.05, 0.1) is 21.2 Å². The van der Waals surface area contributed by atoms with Crippen LogP contribution < -0.4 is 15.4 Å². The summed E-state index contributed by atoms with van der Waals surface area (Å²) < 4.78 is 6.71. The second-order valence-electron chi connectivity index (χ2n) is 5.64. The Balaban J connectivity index is 2.04. The van der Waals surface area contributed by atoms with Gasteiger partial charge in [0.1, 0.15) is 5.75 Å². The molecule has 2 aromatic carbocycles. The lowest BCUT2D eigenvalue weighted by Gasteiger charge is -2.13. The number of rotatable bonds is 5. The number of thiocarbonyl (C=S) groups is 1. The summed E-state index contributed by atoms with van der Waals surface area (Å²) >= 11 is 11.7. The van der Waals surface area contributed by atoms with E-state index in [2.05, 4.69) is 42.5 Å². The van der Waals surface area contributed by atoms with Crippen molar-refractivity contribution in [1.82, 2.24) is 5.32 Å². The van der Waals surface area contributed by atoms with Gasteiger partial charge in [-0.25, -0.2) is 0 Å². The summed E-state index contributed by atoms with van der Waals surface area (Å²) in [7, 11) is 0. The molecule has 27 heavy (non-hydrogen) atoms. The van der Waals surface area contributed by atoms with Crippen molar-refractivity contribution in [1.29, 1.82) is 0 Å². The summed E-state index contributed by atoms with van der Waals surface area (Å²) in [5.41, 5.74) is 0.827. The van der Waals surface area contributed by atoms with Crippen molar-refractivity contribution < 1.29 is 14.5 Å². The maximum Gasteiger partial charge on any atom is 0.270 e. The number of carbonyl (C=O) groups is 1. The van der Waals surface area contributed by atoms with Crippen LogP contribution in [0, 0.1) is 10.1 Å². The summed E-state index contributed by atoms with van der Waals surface area (Å²) in [6, 6.07) is 9.14. The molecule has 2 aromatic rings. The molecule has 0 fully saturated rings. The van der Waals surface area contributed by atoms with Crippen LogP contribution in [0.25, 0.3) is 0 Å². The third-order valence-corrected chi connectivity index (χ3v) is 4.68. The van der Waals surface area contributed by atoms with E-state index in [1.54, 1.807) is 18.2 Å². The number of benzene rings is 2. The van der Waals surface area contributed by atoms with Gasteiger partial charge in [0.2, 0.25) is 0 Å². The van der Waals surface area contributed by atoms with E-state index in [4.69, 9.17) is 17.0 Å². The lowest BCUT2D eigenvalue weighted by atomic mass is 10.2. The number of anilines is 1. The Bertz CT molecular complexity index is 906. The van der Waals surface area contributed by atoms with Crippen LogP contribution in [0.5, 0.6) is 5.75 Å². The zero-order chi connectivity index (χ0) is 20.1. The fourth-order valence-electron chi connectivity index (χ4n) is 2.04. The zero-order valence-corrected chi connectivity index (χ0v) is 18.3. The summed E-state index contributed by atoms with van der Waals surface area (Å²) in [6.45, 7) is 3.82. The second-order valence-corrected chi connectivity index (χ2v) is 7.76. The lowest BCUT2D eigenvalue weighted by molar-refractivity contribution is -0.384. The van der Waals surface area contributed by atoms with Crippen molar-refractivity contribution in [3.8, 4) is 5.75 Å². The summed E-state index contributed by atoms with van der Waals surface area (Å²) in [5, 5.41) is 16.2. The van der Waals surface area contributed by atoms with Crippen LogP contribution in [0.1, 0.15) is 24.2 Å². The molecule has 0 atom stereocenters. The lowest BCUT2D eigenvalue weighted by Crippen LogP contribution is -2.34. The van der Waals surface area contributed by atoms with E-state index >= 15 is 0 Å². The Morgan fingerprint density at radius 3 is 2.44 bits per heavy atom. The van der Waals surface area contributed by atoms with Gasteiger partial charge in [-0.15, -0.1) is 0 Å². The molecule has 2 rings (SSSR count). The van der Waals surface area contributed by atoms with Gasteiger partial charge in [-0.1, -0.05) is 0 Å². The van der Waals surface area contributed by atoms with Crippen molar-refractivity contribution >= 4 is 66.5 Å². The quantitative estimate of drug-likeness (QED) is 0.328. The number of nitro groups is 1. The van der Waals surface area contributed by atoms with E-state index in [1.165, 1.54) is 18.2 Å². The van der Waals surface area contributed by atoms with Crippen LogP contribution in [0.3, 0.4) is 0 Å². The molecule has 0 heterocycles. The first kappa shape index (κ1) is 21.3. The average molecular weight is 517 g/mol. The van der Waals surface area contributed by atoms with Gasteiger partial charge >= 0.3 is 0 Å². The number of ether oxygens (including phenoxy) is 1. The number of hydrogen-bond acceptors (Lipinski definition) is 5. The van der Waals surface area contributed by atoms with Gasteiger partial charge < -0.3 is 10.1 Å². The van der Waals surface area contributed by atoms with Gasteiger partial charge in [0, 0.05) is 22.2 Å². The Kier molecular flexibility index (Phi) is 7.28. The van der Waals surface area contributed by atoms with Gasteiger partial charge in [-0.05, 0) is 82.2 Å². The normalized spacial score (nSPS) is 10.4. The molecule has 0 aromatic heterocycles. The largest absolute Gasteiger partial charge is 0.490 e. The molecule has 0 saturated carbocycles. The maximum atomic E-state index is 12.4. The first-order valence-electron chi connectivity index (χ1n) is 7.70. The number of halogens is 2. The molecule has 0 bridgehead atoms. The number of non-ortho nitro benzene ring substituents is 1. The smallest absolute Gasteiger partial charge is 0.270 e. The highest BCUT2D eigenvalue weighted by atomic mass is 79.9. The number of amides is 1. The molecule has 0 aliphatic heterocycles. The minimum atomic E-state index is -0.501. The molecular formula is C17H15Br2N3O4S. The molecule has 142 valence electrons. The number of nitrogens with one attached hydrogen (secondary N) is 2. The van der Waals surface area contributed by atoms with Crippen LogP contribution in [-0.4, -0.2) is 22.0 Å². The molecule has 0 aliphatic carbocycles. The van der Waals surface area contributed by atoms with Crippen molar-refractivity contribution in [3.63, 3.8) is 0 Å². The van der Waals surface area contributed by atoms with Crippen LogP contribution in [0.15, 0.2) is 45.3 Å². The predicted octanol–water partition coefficient (Wildman–Crippen LogP) is 5.03. The highest BCUT2D eigenvalue weighted by Gasteiger charge is 2.14. The van der Waals surface area contributed by atoms with E-state index in [0.29, 0.717) is 25.9 Å². The molecule has 7 nitrogen and oxygen atoms in total. The fourth-order valence-corrected chi connectivity index (χ4v) is 3.18. The number of carbonyl (C=O) groups excluding carboxylic acids is 1. The van der Waals surface area contributed by atoms with E-state index in [-0.39, 0.29) is 16.9 Å². The van der Waals surface area contributed by atoms with Gasteiger partial charge in [-0.3, -0.25) is 20.2 Å². The highest BCUT2D eigenvalue weighted by molar-refractivity contribution is 9.11. The molecule has 0 radical (unpaired) electrons. The molecule has 1 amide bonds. The van der Waals surface area contributed by atoms with Crippen molar-refractivity contribution in [2.75, 3.05) is 5.32 Å². The van der Waals surface area contributed by atoms with Gasteiger partial charge in [0.15, 0.2) is 5.11 Å². The van der Waals surface area contributed by atoms with Gasteiger partial charge in [-0.2, -0.15) is 0 Å². The zero-order valence-electron chi connectivity index (χ0n) is 14.3. The highest BCUT2D eigenvalue weighted by Crippen LogP contribution is 2.28. The van der Waals surface area contributed by atoms with Crippen molar-refractivity contribution in [2.45, 2.75) is 20.0 Å². The first-order chi connectivity index (χ1) is 12.7. The van der Waals surface area contributed by atoms with Crippen LogP contribution >= 0.6 is 44.1 Å². The summed E-state index contributed by atoms with van der Waals surface area (Å²) in [5.74, 6) is 0.236. The molecule has 0 aliphatic rings. The average Bonchev–Trinajstić information content (AvgIpc) is 2.57. The number of hydrogen-bond donors (Lipinski definition) is 2. The van der Waals surface area contributed by atoms with Crippen molar-refractivity contribution in [2.24, 2.45) is 0 Å². The third-order valence-electron chi connectivity index (χ3n) is 3.20. The topological polar surface area (TPSA) is 93.5 Å². The number of nitrogens with zero attached hydrogens (tertiary/aromatic N) is 1. The number of nitro benzene ring substituents is 1. The molecular weight excluding hydrogens is 502 g/mol. The standard InChI is InChI=1S/C17H15Br2N3O4S/c1-9(2)26-15-6-3-10(7-13(15)19)16(23)21-17(27)20-14-5-4-11(22(24)25)8-12(14)18/h3-9H,1-2H3,(H2,20,21,23,27). The van der Waals surface area contributed by atoms with E-state index in [9.17, 15) is 14.9 Å². The van der Waals surface area contributed by atoms with E-state index in [1.807, 2.05) is 13.8 Å². The predicted molar refractivity (Wildman–Crippen MR) is 114 cm³/mol. The van der Waals surface area contributed by atoms with Crippen LogP contribution in [0.2, 0.25) is 0 Å². The third kappa shape index (κ3) is 5.98. The Morgan fingerprint density at radius 1 is 1.19 bits per heavy atom. The van der Waals surface area contributed by atoms with E-state index in [0.717, 1.165) is 0 Å². The summed E-state index contributed by atoms with van der Waals surface area (Å²) in [6.07, 6.45) is 0.0119. The molecule has 0 spiro atoms. The molecule has 10 heteroatoms. The summed E-state index contributed by atoms with van der Waals surface area (Å²) in [4.78, 5) is 22.6. The Morgan fingerprint density at radius 2 is 1.89 bits per heavy atom. The van der Waals surface area contributed by atoms with Crippen molar-refractivity contribution in [3.05, 3.63) is 61.0 Å².